The van der Waals surface area contributed by atoms with Crippen LogP contribution in [0.1, 0.15) is 25.1 Å². The number of hydrogen-bond donors (Lipinski definition) is 2. The lowest BCUT2D eigenvalue weighted by molar-refractivity contribution is 0.185. The van der Waals surface area contributed by atoms with Gasteiger partial charge in [-0.3, -0.25) is 0 Å². The smallest absolute Gasteiger partial charge is 0.162 e. The van der Waals surface area contributed by atoms with Crippen molar-refractivity contribution in [1.82, 2.24) is 9.97 Å². The molecule has 5 heteroatoms. The molecule has 0 aliphatic carbocycles. The van der Waals surface area contributed by atoms with Crippen molar-refractivity contribution in [3.05, 3.63) is 41.6 Å². The fourth-order valence-electron chi connectivity index (χ4n) is 2.23. The molecule has 3 N–H and O–H groups in total. The molecule has 0 radical (unpaired) electrons. The van der Waals surface area contributed by atoms with Gasteiger partial charge in [0.15, 0.2) is 5.82 Å². The van der Waals surface area contributed by atoms with Gasteiger partial charge in [0.05, 0.1) is 6.61 Å². The number of hydrazine groups is 1. The van der Waals surface area contributed by atoms with Crippen molar-refractivity contribution in [3.63, 3.8) is 0 Å². The Bertz CT molecular complexity index is 599. The van der Waals surface area contributed by atoms with E-state index in [2.05, 4.69) is 29.2 Å². The van der Waals surface area contributed by atoms with Crippen LogP contribution in [0.25, 0.3) is 11.4 Å². The molecule has 0 atom stereocenters. The number of nitrogens with two attached hydrogens (primary N) is 1. The van der Waals surface area contributed by atoms with Gasteiger partial charge in [-0.2, -0.15) is 0 Å². The van der Waals surface area contributed by atoms with Gasteiger partial charge in [-0.15, -0.1) is 0 Å². The predicted octanol–water partition coefficient (Wildman–Crippen LogP) is 2.77. The average Bonchev–Trinajstić information content (AvgIpc) is 2.47. The molecular formula is C16H22N4O. The number of benzene rings is 1. The summed E-state index contributed by atoms with van der Waals surface area (Å²) in [5.74, 6) is 7.35. The lowest BCUT2D eigenvalue weighted by Crippen LogP contribution is -2.11. The molecule has 21 heavy (non-hydrogen) atoms. The van der Waals surface area contributed by atoms with Gasteiger partial charge in [0, 0.05) is 24.4 Å². The van der Waals surface area contributed by atoms with E-state index in [0.717, 1.165) is 23.2 Å². The summed E-state index contributed by atoms with van der Waals surface area (Å²) in [6, 6.07) is 9.87. The SMILES string of the molecule is COCc1ccccc1-c1nc(CC(C)C)cc(NN)n1. The minimum atomic E-state index is 0.521. The zero-order valence-electron chi connectivity index (χ0n) is 12.8. The summed E-state index contributed by atoms with van der Waals surface area (Å²) >= 11 is 0. The second-order valence-corrected chi connectivity index (χ2v) is 5.40. The maximum atomic E-state index is 5.53. The maximum absolute atomic E-state index is 5.53. The molecule has 5 nitrogen and oxygen atoms in total. The summed E-state index contributed by atoms with van der Waals surface area (Å²) in [4.78, 5) is 9.14. The fourth-order valence-corrected chi connectivity index (χ4v) is 2.23. The molecule has 2 aromatic rings. The topological polar surface area (TPSA) is 73.1 Å². The molecule has 0 unspecified atom stereocenters. The molecule has 0 spiro atoms. The van der Waals surface area contributed by atoms with E-state index < -0.39 is 0 Å². The summed E-state index contributed by atoms with van der Waals surface area (Å²) in [5, 5.41) is 0. The first-order valence-electron chi connectivity index (χ1n) is 7.05. The molecule has 2 rings (SSSR count). The molecule has 0 aliphatic rings. The van der Waals surface area contributed by atoms with E-state index in [4.69, 9.17) is 10.6 Å². The highest BCUT2D eigenvalue weighted by molar-refractivity contribution is 5.61. The van der Waals surface area contributed by atoms with Crippen LogP contribution in [-0.2, 0) is 17.8 Å². The molecular weight excluding hydrogens is 264 g/mol. The summed E-state index contributed by atoms with van der Waals surface area (Å²) in [6.45, 7) is 4.85. The average molecular weight is 286 g/mol. The number of aromatic nitrogens is 2. The Balaban J connectivity index is 2.47. The Morgan fingerprint density at radius 2 is 2.00 bits per heavy atom. The van der Waals surface area contributed by atoms with Gasteiger partial charge in [0.25, 0.3) is 0 Å². The number of hydrogen-bond acceptors (Lipinski definition) is 5. The minimum Gasteiger partial charge on any atom is -0.380 e. The standard InChI is InChI=1S/C16H22N4O/c1-11(2)8-13-9-15(20-17)19-16(18-13)14-7-5-4-6-12(14)10-21-3/h4-7,9,11H,8,10,17H2,1-3H3,(H,18,19,20). The number of nitrogens with one attached hydrogen (secondary N) is 1. The van der Waals surface area contributed by atoms with E-state index in [1.165, 1.54) is 0 Å². The van der Waals surface area contributed by atoms with Gasteiger partial charge in [0.2, 0.25) is 0 Å². The summed E-state index contributed by atoms with van der Waals surface area (Å²) in [5.41, 5.74) is 5.63. The number of ether oxygens (including phenoxy) is 1. The molecule has 0 saturated heterocycles. The molecule has 1 aromatic heterocycles. The van der Waals surface area contributed by atoms with E-state index in [1.807, 2.05) is 30.3 Å². The summed E-state index contributed by atoms with van der Waals surface area (Å²) in [6.07, 6.45) is 0.886. The lowest BCUT2D eigenvalue weighted by Gasteiger charge is -2.12. The van der Waals surface area contributed by atoms with Gasteiger partial charge in [-0.25, -0.2) is 15.8 Å². The van der Waals surface area contributed by atoms with Gasteiger partial charge >= 0.3 is 0 Å². The van der Waals surface area contributed by atoms with Crippen molar-refractivity contribution in [2.24, 2.45) is 11.8 Å². The maximum Gasteiger partial charge on any atom is 0.162 e. The quantitative estimate of drug-likeness (QED) is 0.631. The third kappa shape index (κ3) is 4.00. The molecule has 0 amide bonds. The number of anilines is 1. The van der Waals surface area contributed by atoms with Crippen LogP contribution in [0.4, 0.5) is 5.82 Å². The lowest BCUT2D eigenvalue weighted by atomic mass is 10.1. The van der Waals surface area contributed by atoms with Gasteiger partial charge in [-0.1, -0.05) is 38.1 Å². The second kappa shape index (κ2) is 7.15. The Morgan fingerprint density at radius 1 is 1.24 bits per heavy atom. The van der Waals surface area contributed by atoms with Crippen LogP contribution in [0.5, 0.6) is 0 Å². The Hall–Kier alpha value is -1.98. The molecule has 1 heterocycles. The van der Waals surface area contributed by atoms with Crippen molar-refractivity contribution < 1.29 is 4.74 Å². The first-order valence-corrected chi connectivity index (χ1v) is 7.05. The van der Waals surface area contributed by atoms with Crippen LogP contribution in [-0.4, -0.2) is 17.1 Å². The van der Waals surface area contributed by atoms with E-state index >= 15 is 0 Å². The zero-order valence-corrected chi connectivity index (χ0v) is 12.8. The Labute approximate surface area is 125 Å². The fraction of sp³-hybridized carbons (Fsp3) is 0.375. The third-order valence-electron chi connectivity index (χ3n) is 3.10. The monoisotopic (exact) mass is 286 g/mol. The second-order valence-electron chi connectivity index (χ2n) is 5.40. The highest BCUT2D eigenvalue weighted by atomic mass is 16.5. The highest BCUT2D eigenvalue weighted by Crippen LogP contribution is 2.23. The van der Waals surface area contributed by atoms with Crippen LogP contribution in [0.15, 0.2) is 30.3 Å². The van der Waals surface area contributed by atoms with Crippen LogP contribution < -0.4 is 11.3 Å². The van der Waals surface area contributed by atoms with Crippen molar-refractivity contribution in [1.29, 1.82) is 0 Å². The van der Waals surface area contributed by atoms with Crippen LogP contribution in [0.3, 0.4) is 0 Å². The van der Waals surface area contributed by atoms with E-state index in [9.17, 15) is 0 Å². The largest absolute Gasteiger partial charge is 0.380 e. The first kappa shape index (κ1) is 15.4. The predicted molar refractivity (Wildman–Crippen MR) is 84.5 cm³/mol. The summed E-state index contributed by atoms with van der Waals surface area (Å²) < 4.78 is 5.25. The van der Waals surface area contributed by atoms with Gasteiger partial charge in [-0.05, 0) is 17.9 Å². The van der Waals surface area contributed by atoms with Crippen LogP contribution in [0, 0.1) is 5.92 Å². The molecule has 112 valence electrons. The number of rotatable bonds is 6. The highest BCUT2D eigenvalue weighted by Gasteiger charge is 2.11. The third-order valence-corrected chi connectivity index (χ3v) is 3.10. The van der Waals surface area contributed by atoms with E-state index in [-0.39, 0.29) is 0 Å². The Kier molecular flexibility index (Phi) is 5.25. The van der Waals surface area contributed by atoms with E-state index in [1.54, 1.807) is 7.11 Å². The number of methoxy groups -OCH3 is 1. The van der Waals surface area contributed by atoms with Gasteiger partial charge < -0.3 is 10.2 Å². The Morgan fingerprint density at radius 3 is 2.67 bits per heavy atom. The minimum absolute atomic E-state index is 0.521. The molecule has 0 aliphatic heterocycles. The van der Waals surface area contributed by atoms with Gasteiger partial charge in [0.1, 0.15) is 5.82 Å². The summed E-state index contributed by atoms with van der Waals surface area (Å²) in [7, 11) is 1.68. The van der Waals surface area contributed by atoms with E-state index in [0.29, 0.717) is 24.2 Å². The zero-order chi connectivity index (χ0) is 15.2. The van der Waals surface area contributed by atoms with Crippen molar-refractivity contribution in [2.75, 3.05) is 12.5 Å². The molecule has 0 saturated carbocycles. The number of nitrogens with zero attached hydrogens (tertiary/aromatic N) is 2. The first-order chi connectivity index (χ1) is 10.1. The van der Waals surface area contributed by atoms with Crippen LogP contribution in [0.2, 0.25) is 0 Å². The van der Waals surface area contributed by atoms with Crippen molar-refractivity contribution >= 4 is 5.82 Å². The van der Waals surface area contributed by atoms with Crippen LogP contribution >= 0.6 is 0 Å². The van der Waals surface area contributed by atoms with Crippen molar-refractivity contribution in [2.45, 2.75) is 26.9 Å². The molecule has 0 bridgehead atoms. The van der Waals surface area contributed by atoms with Crippen molar-refractivity contribution in [3.8, 4) is 11.4 Å². The molecule has 0 fully saturated rings. The normalized spacial score (nSPS) is 10.9. The molecule has 1 aromatic carbocycles. The number of nitrogen functional groups attached to an aromatic ring is 1.